The Bertz CT molecular complexity index is 1000. The molecule has 1 atom stereocenters. The van der Waals surface area contributed by atoms with Gasteiger partial charge in [-0.1, -0.05) is 23.7 Å². The van der Waals surface area contributed by atoms with Crippen LogP contribution in [0.3, 0.4) is 0 Å². The molecule has 0 aliphatic rings. The van der Waals surface area contributed by atoms with Crippen molar-refractivity contribution in [1.82, 2.24) is 25.8 Å². The van der Waals surface area contributed by atoms with Gasteiger partial charge in [0.15, 0.2) is 5.82 Å². The number of nitrogens with one attached hydrogen (secondary N) is 3. The Morgan fingerprint density at radius 1 is 1.13 bits per heavy atom. The number of amides is 2. The van der Waals surface area contributed by atoms with E-state index in [0.29, 0.717) is 16.7 Å². The lowest BCUT2D eigenvalue weighted by atomic mass is 10.0. The van der Waals surface area contributed by atoms with Crippen LogP contribution in [-0.4, -0.2) is 34.1 Å². The van der Waals surface area contributed by atoms with E-state index in [2.05, 4.69) is 25.8 Å². The zero-order chi connectivity index (χ0) is 21.5. The molecular formula is C21H22ClN5O3. The van der Waals surface area contributed by atoms with Crippen LogP contribution in [0.4, 0.5) is 0 Å². The molecule has 0 saturated heterocycles. The number of nitrogens with zero attached hydrogens (tertiary/aromatic N) is 2. The molecule has 3 N–H and O–H groups in total. The average Bonchev–Trinajstić information content (AvgIpc) is 3.21. The number of halogens is 1. The Labute approximate surface area is 179 Å². The van der Waals surface area contributed by atoms with Crippen molar-refractivity contribution in [2.45, 2.75) is 25.9 Å². The van der Waals surface area contributed by atoms with Crippen LogP contribution >= 0.6 is 11.6 Å². The van der Waals surface area contributed by atoms with Gasteiger partial charge in [-0.15, -0.1) is 0 Å². The minimum atomic E-state index is -0.454. The molecule has 156 valence electrons. The summed E-state index contributed by atoms with van der Waals surface area (Å²) >= 11 is 5.92. The van der Waals surface area contributed by atoms with Crippen LogP contribution in [0.2, 0.25) is 5.02 Å². The summed E-state index contributed by atoms with van der Waals surface area (Å²) in [4.78, 5) is 28.4. The highest BCUT2D eigenvalue weighted by atomic mass is 35.5. The molecule has 3 aromatic rings. The second-order valence-electron chi connectivity index (χ2n) is 6.62. The van der Waals surface area contributed by atoms with Gasteiger partial charge in [0, 0.05) is 17.5 Å². The minimum Gasteiger partial charge on any atom is -0.497 e. The molecule has 30 heavy (non-hydrogen) atoms. The number of carbonyl (C=O) groups is 2. The van der Waals surface area contributed by atoms with E-state index >= 15 is 0 Å². The maximum atomic E-state index is 12.4. The van der Waals surface area contributed by atoms with Crippen LogP contribution in [0.1, 0.15) is 30.8 Å². The third-order valence-electron chi connectivity index (χ3n) is 4.37. The van der Waals surface area contributed by atoms with Crippen molar-refractivity contribution in [3.63, 3.8) is 0 Å². The maximum Gasteiger partial charge on any atom is 0.222 e. The fourth-order valence-electron chi connectivity index (χ4n) is 2.88. The van der Waals surface area contributed by atoms with Gasteiger partial charge >= 0.3 is 0 Å². The van der Waals surface area contributed by atoms with Gasteiger partial charge in [-0.2, -0.15) is 5.10 Å². The first-order valence-corrected chi connectivity index (χ1v) is 9.67. The van der Waals surface area contributed by atoms with Gasteiger partial charge < -0.3 is 15.4 Å². The zero-order valence-corrected chi connectivity index (χ0v) is 17.4. The van der Waals surface area contributed by atoms with Crippen molar-refractivity contribution in [2.75, 3.05) is 7.11 Å². The van der Waals surface area contributed by atoms with Gasteiger partial charge in [0.1, 0.15) is 11.6 Å². The lowest BCUT2D eigenvalue weighted by Gasteiger charge is -2.18. The molecule has 0 fully saturated rings. The van der Waals surface area contributed by atoms with E-state index in [9.17, 15) is 9.59 Å². The van der Waals surface area contributed by atoms with E-state index in [4.69, 9.17) is 16.3 Å². The van der Waals surface area contributed by atoms with Crippen LogP contribution in [-0.2, 0) is 16.1 Å². The third kappa shape index (κ3) is 5.81. The van der Waals surface area contributed by atoms with Gasteiger partial charge in [-0.25, -0.2) is 4.98 Å². The molecule has 0 aliphatic carbocycles. The molecule has 0 radical (unpaired) electrons. The summed E-state index contributed by atoms with van der Waals surface area (Å²) in [6.45, 7) is 1.60. The van der Waals surface area contributed by atoms with Crippen molar-refractivity contribution in [2.24, 2.45) is 0 Å². The topological polar surface area (TPSA) is 109 Å². The minimum absolute atomic E-state index is 0.0840. The highest BCUT2D eigenvalue weighted by Crippen LogP contribution is 2.20. The Morgan fingerprint density at radius 3 is 2.47 bits per heavy atom. The number of ether oxygens (including phenoxy) is 1. The molecule has 0 bridgehead atoms. The van der Waals surface area contributed by atoms with E-state index < -0.39 is 6.04 Å². The number of hydrogen-bond donors (Lipinski definition) is 3. The van der Waals surface area contributed by atoms with E-state index in [1.165, 1.54) is 6.92 Å². The summed E-state index contributed by atoms with van der Waals surface area (Å²) in [6.07, 6.45) is 0.0840. The van der Waals surface area contributed by atoms with Crippen molar-refractivity contribution < 1.29 is 14.3 Å². The molecule has 1 aromatic heterocycles. The number of aromatic nitrogens is 3. The normalized spacial score (nSPS) is 11.6. The molecule has 2 aromatic carbocycles. The second kappa shape index (κ2) is 9.89. The van der Waals surface area contributed by atoms with Crippen molar-refractivity contribution >= 4 is 23.4 Å². The monoisotopic (exact) mass is 427 g/mol. The van der Waals surface area contributed by atoms with E-state index in [1.54, 1.807) is 31.4 Å². The van der Waals surface area contributed by atoms with Crippen molar-refractivity contribution in [3.8, 4) is 17.1 Å². The van der Waals surface area contributed by atoms with Crippen LogP contribution in [0.5, 0.6) is 5.75 Å². The highest BCUT2D eigenvalue weighted by molar-refractivity contribution is 6.30. The summed E-state index contributed by atoms with van der Waals surface area (Å²) in [6, 6.07) is 13.9. The third-order valence-corrected chi connectivity index (χ3v) is 4.62. The molecule has 0 saturated carbocycles. The summed E-state index contributed by atoms with van der Waals surface area (Å²) in [5.74, 6) is 1.35. The van der Waals surface area contributed by atoms with Crippen LogP contribution in [0, 0.1) is 0 Å². The fourth-order valence-corrected chi connectivity index (χ4v) is 3.00. The number of carbonyl (C=O) groups excluding carboxylic acids is 2. The predicted molar refractivity (Wildman–Crippen MR) is 113 cm³/mol. The molecule has 1 heterocycles. The standard InChI is InChI=1S/C21H22ClN5O3/c1-13(28)24-18(14-3-7-16(22)8-4-14)11-20(29)23-12-19-25-21(27-26-19)15-5-9-17(30-2)10-6-15/h3-10,18H,11-12H2,1-2H3,(H,23,29)(H,24,28)(H,25,26,27). The lowest BCUT2D eigenvalue weighted by Crippen LogP contribution is -2.32. The van der Waals surface area contributed by atoms with Crippen LogP contribution in [0.25, 0.3) is 11.4 Å². The smallest absolute Gasteiger partial charge is 0.222 e. The molecule has 0 spiro atoms. The number of H-pyrrole nitrogens is 1. The number of aromatic amines is 1. The molecule has 0 aliphatic heterocycles. The number of hydrogen-bond acceptors (Lipinski definition) is 5. The number of rotatable bonds is 8. The van der Waals surface area contributed by atoms with Gasteiger partial charge in [0.25, 0.3) is 0 Å². The molecule has 2 amide bonds. The second-order valence-corrected chi connectivity index (χ2v) is 7.06. The first-order chi connectivity index (χ1) is 14.4. The summed E-state index contributed by atoms with van der Waals surface area (Å²) < 4.78 is 5.14. The van der Waals surface area contributed by atoms with Gasteiger partial charge in [-0.05, 0) is 42.0 Å². The van der Waals surface area contributed by atoms with Crippen LogP contribution in [0.15, 0.2) is 48.5 Å². The van der Waals surface area contributed by atoms with Gasteiger partial charge in [-0.3, -0.25) is 14.7 Å². The van der Waals surface area contributed by atoms with Crippen LogP contribution < -0.4 is 15.4 Å². The Kier molecular flexibility index (Phi) is 7.03. The molecule has 9 heteroatoms. The molecule has 3 rings (SSSR count). The lowest BCUT2D eigenvalue weighted by molar-refractivity contribution is -0.123. The van der Waals surface area contributed by atoms with E-state index in [1.807, 2.05) is 24.3 Å². The average molecular weight is 428 g/mol. The first kappa shape index (κ1) is 21.3. The largest absolute Gasteiger partial charge is 0.497 e. The van der Waals surface area contributed by atoms with E-state index in [0.717, 1.165) is 16.9 Å². The fraction of sp³-hybridized carbons (Fsp3) is 0.238. The zero-order valence-electron chi connectivity index (χ0n) is 16.6. The summed E-state index contributed by atoms with van der Waals surface area (Å²) in [5, 5.41) is 13.2. The maximum absolute atomic E-state index is 12.4. The Morgan fingerprint density at radius 2 is 1.83 bits per heavy atom. The molecule has 8 nitrogen and oxygen atoms in total. The van der Waals surface area contributed by atoms with E-state index in [-0.39, 0.29) is 24.8 Å². The molecular weight excluding hydrogens is 406 g/mol. The summed E-state index contributed by atoms with van der Waals surface area (Å²) in [5.41, 5.74) is 1.63. The number of benzene rings is 2. The first-order valence-electron chi connectivity index (χ1n) is 9.29. The van der Waals surface area contributed by atoms with Crippen molar-refractivity contribution in [1.29, 1.82) is 0 Å². The van der Waals surface area contributed by atoms with Crippen molar-refractivity contribution in [3.05, 3.63) is 64.9 Å². The Balaban J connectivity index is 1.59. The highest BCUT2D eigenvalue weighted by Gasteiger charge is 2.17. The summed E-state index contributed by atoms with van der Waals surface area (Å²) in [7, 11) is 1.60. The predicted octanol–water partition coefficient (Wildman–Crippen LogP) is 3.02. The SMILES string of the molecule is COc1ccc(-c2n[nH]c(CNC(=O)CC(NC(C)=O)c3ccc(Cl)cc3)n2)cc1. The quantitative estimate of drug-likeness (QED) is 0.512. The number of methoxy groups -OCH3 is 1. The van der Waals surface area contributed by atoms with Gasteiger partial charge in [0.05, 0.1) is 26.1 Å². The Hall–Kier alpha value is -3.39. The molecule has 1 unspecified atom stereocenters. The van der Waals surface area contributed by atoms with Gasteiger partial charge in [0.2, 0.25) is 11.8 Å².